The Balaban J connectivity index is 1.85. The van der Waals surface area contributed by atoms with Crippen molar-refractivity contribution in [2.75, 3.05) is 24.5 Å². The maximum Gasteiger partial charge on any atom is 0.146 e. The summed E-state index contributed by atoms with van der Waals surface area (Å²) in [4.78, 5) is 2.22. The summed E-state index contributed by atoms with van der Waals surface area (Å²) in [6, 6.07) is 7.14. The van der Waals surface area contributed by atoms with Gasteiger partial charge in [0.15, 0.2) is 0 Å². The third-order valence-corrected chi connectivity index (χ3v) is 4.32. The normalized spacial score (nSPS) is 29.1. The van der Waals surface area contributed by atoms with Gasteiger partial charge in [-0.3, -0.25) is 0 Å². The maximum atomic E-state index is 13.9. The average molecular weight is 248 g/mol. The number of nitrogens with one attached hydrogen (secondary N) is 1. The van der Waals surface area contributed by atoms with E-state index in [1.54, 1.807) is 12.1 Å². The van der Waals surface area contributed by atoms with Crippen LogP contribution < -0.4 is 10.2 Å². The van der Waals surface area contributed by atoms with Crippen molar-refractivity contribution < 1.29 is 4.39 Å². The lowest BCUT2D eigenvalue weighted by atomic mass is 9.95. The number of hydrogen-bond acceptors (Lipinski definition) is 2. The van der Waals surface area contributed by atoms with Gasteiger partial charge < -0.3 is 10.2 Å². The predicted octanol–water partition coefficient (Wildman–Crippen LogP) is 2.79. The Morgan fingerprint density at radius 1 is 1.33 bits per heavy atom. The predicted molar refractivity (Wildman–Crippen MR) is 72.4 cm³/mol. The molecule has 1 saturated heterocycles. The number of anilines is 1. The molecule has 0 amide bonds. The van der Waals surface area contributed by atoms with Crippen LogP contribution in [0.25, 0.3) is 0 Å². The molecule has 1 aromatic rings. The molecule has 0 aromatic heterocycles. The zero-order valence-electron chi connectivity index (χ0n) is 11.0. The Morgan fingerprint density at radius 2 is 2.11 bits per heavy atom. The van der Waals surface area contributed by atoms with E-state index in [2.05, 4.69) is 17.1 Å². The molecule has 1 atom stereocenters. The van der Waals surface area contributed by atoms with Gasteiger partial charge in [0.1, 0.15) is 5.82 Å². The lowest BCUT2D eigenvalue weighted by Gasteiger charge is -2.35. The van der Waals surface area contributed by atoms with Crippen molar-refractivity contribution in [3.63, 3.8) is 0 Å². The van der Waals surface area contributed by atoms with E-state index in [9.17, 15) is 4.39 Å². The lowest BCUT2D eigenvalue weighted by molar-refractivity contribution is 0.331. The molecule has 2 aliphatic rings. The quantitative estimate of drug-likeness (QED) is 0.865. The van der Waals surface area contributed by atoms with Gasteiger partial charge in [-0.05, 0) is 50.8 Å². The first-order chi connectivity index (χ1) is 8.69. The molecule has 0 bridgehead atoms. The van der Waals surface area contributed by atoms with E-state index in [0.29, 0.717) is 0 Å². The first kappa shape index (κ1) is 12.0. The molecule has 2 fully saturated rings. The molecule has 3 rings (SSSR count). The molecule has 1 saturated carbocycles. The van der Waals surface area contributed by atoms with Crippen LogP contribution in [0.5, 0.6) is 0 Å². The fraction of sp³-hybridized carbons (Fsp3) is 0.600. The molecule has 18 heavy (non-hydrogen) atoms. The van der Waals surface area contributed by atoms with E-state index in [-0.39, 0.29) is 11.4 Å². The number of hydrogen-bond donors (Lipinski definition) is 1. The number of nitrogens with zero attached hydrogens (tertiary/aromatic N) is 1. The van der Waals surface area contributed by atoms with Gasteiger partial charge in [0.2, 0.25) is 0 Å². The molecule has 98 valence electrons. The van der Waals surface area contributed by atoms with E-state index < -0.39 is 0 Å². The van der Waals surface area contributed by atoms with Crippen molar-refractivity contribution in [3.05, 3.63) is 30.1 Å². The second-order valence-corrected chi connectivity index (χ2v) is 5.85. The average Bonchev–Trinajstić information content (AvgIpc) is 3.16. The highest BCUT2D eigenvalue weighted by Gasteiger charge is 2.43. The topological polar surface area (TPSA) is 15.3 Å². The Labute approximate surface area is 108 Å². The van der Waals surface area contributed by atoms with E-state index in [4.69, 9.17) is 0 Å². The van der Waals surface area contributed by atoms with Crippen molar-refractivity contribution in [1.29, 1.82) is 0 Å². The highest BCUT2D eigenvalue weighted by molar-refractivity contribution is 5.48. The minimum atomic E-state index is -0.0995. The van der Waals surface area contributed by atoms with Gasteiger partial charge in [0.25, 0.3) is 0 Å². The first-order valence-electron chi connectivity index (χ1n) is 6.93. The molecule has 2 nitrogen and oxygen atoms in total. The zero-order chi connectivity index (χ0) is 12.6. The fourth-order valence-electron chi connectivity index (χ4n) is 3.08. The van der Waals surface area contributed by atoms with Gasteiger partial charge in [-0.2, -0.15) is 0 Å². The molecule has 1 aromatic carbocycles. The summed E-state index contributed by atoms with van der Waals surface area (Å²) < 4.78 is 13.9. The third kappa shape index (κ3) is 2.24. The Kier molecular flexibility index (Phi) is 3.02. The van der Waals surface area contributed by atoms with E-state index >= 15 is 0 Å². The van der Waals surface area contributed by atoms with Gasteiger partial charge in [0.05, 0.1) is 5.69 Å². The van der Waals surface area contributed by atoms with Crippen molar-refractivity contribution >= 4 is 5.69 Å². The molecule has 3 heteroatoms. The fourth-order valence-corrected chi connectivity index (χ4v) is 3.08. The van der Waals surface area contributed by atoms with Crippen molar-refractivity contribution in [2.45, 2.75) is 31.7 Å². The minimum Gasteiger partial charge on any atom is -0.367 e. The van der Waals surface area contributed by atoms with Crippen LogP contribution in [0, 0.1) is 11.7 Å². The largest absolute Gasteiger partial charge is 0.367 e. The van der Waals surface area contributed by atoms with Gasteiger partial charge in [-0.15, -0.1) is 0 Å². The molecule has 1 aliphatic carbocycles. The van der Waals surface area contributed by atoms with Crippen LogP contribution in [0.3, 0.4) is 0 Å². The molecule has 0 spiro atoms. The van der Waals surface area contributed by atoms with Crippen LogP contribution in [0.15, 0.2) is 24.3 Å². The second-order valence-electron chi connectivity index (χ2n) is 5.85. The third-order valence-electron chi connectivity index (χ3n) is 4.32. The van der Waals surface area contributed by atoms with Crippen LogP contribution in [-0.4, -0.2) is 25.2 Å². The van der Waals surface area contributed by atoms with Crippen LogP contribution in [0.4, 0.5) is 10.1 Å². The molecule has 0 radical (unpaired) electrons. The van der Waals surface area contributed by atoms with Crippen LogP contribution in [0.1, 0.15) is 26.2 Å². The Hall–Kier alpha value is -1.09. The second kappa shape index (κ2) is 4.54. The van der Waals surface area contributed by atoms with Crippen LogP contribution in [0.2, 0.25) is 0 Å². The monoisotopic (exact) mass is 248 g/mol. The molecule has 1 N–H and O–H groups in total. The summed E-state index contributed by atoms with van der Waals surface area (Å²) in [6.07, 6.45) is 3.71. The van der Waals surface area contributed by atoms with Crippen molar-refractivity contribution in [2.24, 2.45) is 5.92 Å². The molecule has 1 unspecified atom stereocenters. The molecular weight excluding hydrogens is 227 g/mol. The summed E-state index contributed by atoms with van der Waals surface area (Å²) >= 11 is 0. The van der Waals surface area contributed by atoms with Gasteiger partial charge in [-0.1, -0.05) is 12.1 Å². The summed E-state index contributed by atoms with van der Waals surface area (Å²) in [5, 5.41) is 3.68. The van der Waals surface area contributed by atoms with Crippen LogP contribution in [-0.2, 0) is 0 Å². The summed E-state index contributed by atoms with van der Waals surface area (Å²) in [6.45, 7) is 5.19. The summed E-state index contributed by atoms with van der Waals surface area (Å²) in [5.41, 5.74) is 0.909. The highest BCUT2D eigenvalue weighted by Crippen LogP contribution is 2.41. The van der Waals surface area contributed by atoms with Gasteiger partial charge in [0, 0.05) is 18.6 Å². The molecule has 1 heterocycles. The molecular formula is C15H21FN2. The smallest absolute Gasteiger partial charge is 0.146 e. The van der Waals surface area contributed by atoms with E-state index in [1.165, 1.54) is 12.8 Å². The van der Waals surface area contributed by atoms with Gasteiger partial charge >= 0.3 is 0 Å². The van der Waals surface area contributed by atoms with Crippen LogP contribution >= 0.6 is 0 Å². The van der Waals surface area contributed by atoms with Crippen molar-refractivity contribution in [1.82, 2.24) is 5.32 Å². The summed E-state index contributed by atoms with van der Waals surface area (Å²) in [5.74, 6) is 0.669. The number of rotatable bonds is 2. The standard InChI is InChI=1S/C15H21FN2/c1-15(12-7-8-12)11-18(10-4-9-17-15)14-6-3-2-5-13(14)16/h2-3,5-6,12,17H,4,7-11H2,1H3. The Bertz CT molecular complexity index is 430. The molecule has 1 aliphatic heterocycles. The zero-order valence-corrected chi connectivity index (χ0v) is 11.0. The minimum absolute atomic E-state index is 0.0995. The lowest BCUT2D eigenvalue weighted by Crippen LogP contribution is -2.51. The Morgan fingerprint density at radius 3 is 2.83 bits per heavy atom. The SMILES string of the molecule is CC1(C2CC2)CN(c2ccccc2F)CCCN1. The van der Waals surface area contributed by atoms with E-state index in [1.807, 2.05) is 12.1 Å². The van der Waals surface area contributed by atoms with Gasteiger partial charge in [-0.25, -0.2) is 4.39 Å². The number of para-hydroxylation sites is 1. The number of halogens is 1. The summed E-state index contributed by atoms with van der Waals surface area (Å²) in [7, 11) is 0. The first-order valence-corrected chi connectivity index (χ1v) is 6.93. The number of benzene rings is 1. The highest BCUT2D eigenvalue weighted by atomic mass is 19.1. The van der Waals surface area contributed by atoms with E-state index in [0.717, 1.165) is 37.7 Å². The maximum absolute atomic E-state index is 13.9. The van der Waals surface area contributed by atoms with Crippen molar-refractivity contribution in [3.8, 4) is 0 Å².